The Morgan fingerprint density at radius 1 is 2.00 bits per heavy atom. The molecule has 4 nitrogen and oxygen atoms in total. The first-order valence-electron chi connectivity index (χ1n) is 1.65. The van der Waals surface area contributed by atoms with Crippen LogP contribution in [0.4, 0.5) is 0 Å². The van der Waals surface area contributed by atoms with E-state index in [2.05, 4.69) is 4.79 Å². The maximum absolute atomic E-state index is 9.56. The Hall–Kier alpha value is -1.15. The highest BCUT2D eigenvalue weighted by atomic mass is 16.4. The molecule has 0 radical (unpaired) electrons. The van der Waals surface area contributed by atoms with Gasteiger partial charge in [0.2, 0.25) is 0 Å². The largest absolute Gasteiger partial charge is 0.481 e. The Labute approximate surface area is 40.0 Å². The van der Waals surface area contributed by atoms with Gasteiger partial charge in [0.1, 0.15) is 6.42 Å². The van der Waals surface area contributed by atoms with E-state index < -0.39 is 5.97 Å². The molecule has 0 aromatic heterocycles. The third-order valence-electron chi connectivity index (χ3n) is 0.348. The van der Waals surface area contributed by atoms with Crippen molar-refractivity contribution < 1.29 is 14.7 Å². The molecule has 0 aliphatic rings. The molecule has 0 unspecified atom stereocenters. The number of carbonyl (C=O) groups is 1. The molecule has 0 aliphatic heterocycles. The number of rotatable bonds is 2. The third-order valence-corrected chi connectivity index (χ3v) is 0.348. The predicted molar refractivity (Wildman–Crippen MR) is 21.9 cm³/mol. The topological polar surface area (TPSA) is 73.7 Å². The first kappa shape index (κ1) is 5.85. The van der Waals surface area contributed by atoms with Crippen molar-refractivity contribution in [3.63, 3.8) is 0 Å². The van der Waals surface area contributed by atoms with Crippen LogP contribution in [0.25, 0.3) is 5.53 Å². The molecule has 4 heteroatoms. The van der Waals surface area contributed by atoms with Crippen molar-refractivity contribution in [2.45, 2.75) is 6.42 Å². The van der Waals surface area contributed by atoms with Crippen LogP contribution in [0.5, 0.6) is 0 Å². The normalized spacial score (nSPS) is 6.86. The lowest BCUT2D eigenvalue weighted by Gasteiger charge is -1.70. The molecule has 0 saturated heterocycles. The van der Waals surface area contributed by atoms with E-state index in [1.54, 1.807) is 0 Å². The zero-order chi connectivity index (χ0) is 5.70. The monoisotopic (exact) mass is 100 g/mol. The van der Waals surface area contributed by atoms with Gasteiger partial charge in [-0.2, -0.15) is 4.79 Å². The van der Waals surface area contributed by atoms with Crippen LogP contribution in [-0.4, -0.2) is 22.1 Å². The molecule has 0 aromatic carbocycles. The van der Waals surface area contributed by atoms with Gasteiger partial charge in [0.25, 0.3) is 6.21 Å². The van der Waals surface area contributed by atoms with Gasteiger partial charge in [-0.25, -0.2) is 0 Å². The standard InChI is InChI=1S/C3H4N2O2/c4-5-2-1-3(6)7/h2H,1H2,(H,6,7). The SMILES string of the molecule is [N-]=[N+]=CCC(=O)O. The summed E-state index contributed by atoms with van der Waals surface area (Å²) in [5, 5.41) is 7.84. The summed E-state index contributed by atoms with van der Waals surface area (Å²) in [7, 11) is 0. The van der Waals surface area contributed by atoms with Crippen molar-refractivity contribution in [2.75, 3.05) is 0 Å². The van der Waals surface area contributed by atoms with Crippen LogP contribution in [0.2, 0.25) is 0 Å². The second kappa shape index (κ2) is 3.06. The van der Waals surface area contributed by atoms with Gasteiger partial charge >= 0.3 is 5.97 Å². The predicted octanol–water partition coefficient (Wildman–Crippen LogP) is -0.238. The summed E-state index contributed by atoms with van der Waals surface area (Å²) in [5.41, 5.74) is 7.62. The van der Waals surface area contributed by atoms with Crippen molar-refractivity contribution in [3.05, 3.63) is 5.53 Å². The Morgan fingerprint density at radius 3 is 2.71 bits per heavy atom. The fraction of sp³-hybridized carbons (Fsp3) is 0.333. The lowest BCUT2D eigenvalue weighted by molar-refractivity contribution is -0.136. The van der Waals surface area contributed by atoms with Crippen LogP contribution in [0.3, 0.4) is 0 Å². The van der Waals surface area contributed by atoms with Gasteiger partial charge in [0.15, 0.2) is 0 Å². The van der Waals surface area contributed by atoms with Gasteiger partial charge in [-0.15, -0.1) is 0 Å². The summed E-state index contributed by atoms with van der Waals surface area (Å²) >= 11 is 0. The van der Waals surface area contributed by atoms with Gasteiger partial charge in [0, 0.05) is 0 Å². The maximum atomic E-state index is 9.56. The van der Waals surface area contributed by atoms with E-state index in [-0.39, 0.29) is 6.42 Å². The number of carboxylic acid groups (broad SMARTS) is 1. The Morgan fingerprint density at radius 2 is 2.57 bits per heavy atom. The van der Waals surface area contributed by atoms with Crippen LogP contribution in [0.15, 0.2) is 0 Å². The van der Waals surface area contributed by atoms with Crippen molar-refractivity contribution in [2.24, 2.45) is 0 Å². The number of hydrogen-bond acceptors (Lipinski definition) is 1. The minimum absolute atomic E-state index is 0.226. The van der Waals surface area contributed by atoms with Crippen molar-refractivity contribution in [3.8, 4) is 0 Å². The fourth-order valence-corrected chi connectivity index (χ4v) is 0.119. The van der Waals surface area contributed by atoms with E-state index in [1.807, 2.05) is 0 Å². The Kier molecular flexibility index (Phi) is 2.55. The van der Waals surface area contributed by atoms with Crippen LogP contribution < -0.4 is 0 Å². The summed E-state index contributed by atoms with van der Waals surface area (Å²) in [5.74, 6) is -1.00. The molecule has 0 aromatic rings. The highest BCUT2D eigenvalue weighted by Gasteiger charge is 1.92. The minimum atomic E-state index is -1.00. The maximum Gasteiger partial charge on any atom is 0.314 e. The van der Waals surface area contributed by atoms with E-state index in [4.69, 9.17) is 10.6 Å². The molecule has 7 heavy (non-hydrogen) atoms. The molecule has 0 fully saturated rings. The zero-order valence-electron chi connectivity index (χ0n) is 3.53. The second-order valence-electron chi connectivity index (χ2n) is 0.896. The molecule has 1 N–H and O–H groups in total. The third kappa shape index (κ3) is 4.85. The zero-order valence-corrected chi connectivity index (χ0v) is 3.53. The van der Waals surface area contributed by atoms with Crippen molar-refractivity contribution in [1.82, 2.24) is 0 Å². The summed E-state index contributed by atoms with van der Waals surface area (Å²) in [6.07, 6.45) is 0.679. The van der Waals surface area contributed by atoms with Crippen molar-refractivity contribution in [1.29, 1.82) is 0 Å². The first-order chi connectivity index (χ1) is 3.27. The van der Waals surface area contributed by atoms with Gasteiger partial charge in [-0.05, 0) is 0 Å². The molecular formula is C3H4N2O2. The van der Waals surface area contributed by atoms with E-state index in [0.717, 1.165) is 6.21 Å². The molecular weight excluding hydrogens is 96.0 g/mol. The molecule has 0 heterocycles. The number of nitrogens with zero attached hydrogens (tertiary/aromatic N) is 2. The van der Waals surface area contributed by atoms with E-state index in [0.29, 0.717) is 0 Å². The molecule has 0 spiro atoms. The molecule has 0 saturated carbocycles. The van der Waals surface area contributed by atoms with Crippen LogP contribution in [0.1, 0.15) is 6.42 Å². The number of aliphatic carboxylic acids is 1. The highest BCUT2D eigenvalue weighted by Crippen LogP contribution is 1.65. The average molecular weight is 100 g/mol. The molecule has 0 amide bonds. The highest BCUT2D eigenvalue weighted by molar-refractivity contribution is 5.82. The first-order valence-corrected chi connectivity index (χ1v) is 1.65. The summed E-state index contributed by atoms with van der Waals surface area (Å²) in [6.45, 7) is 0. The van der Waals surface area contributed by atoms with E-state index in [9.17, 15) is 4.79 Å². The lowest BCUT2D eigenvalue weighted by Crippen LogP contribution is -1.93. The molecule has 0 bridgehead atoms. The number of carboxylic acids is 1. The smallest absolute Gasteiger partial charge is 0.314 e. The summed E-state index contributed by atoms with van der Waals surface area (Å²) < 4.78 is 0. The summed E-state index contributed by atoms with van der Waals surface area (Å²) in [4.78, 5) is 12.0. The summed E-state index contributed by atoms with van der Waals surface area (Å²) in [6, 6.07) is 0. The molecule has 0 rings (SSSR count). The van der Waals surface area contributed by atoms with E-state index >= 15 is 0 Å². The number of hydrogen-bond donors (Lipinski definition) is 1. The van der Waals surface area contributed by atoms with Gasteiger partial charge < -0.3 is 10.6 Å². The molecule has 38 valence electrons. The van der Waals surface area contributed by atoms with Gasteiger partial charge in [-0.3, -0.25) is 4.79 Å². The quantitative estimate of drug-likeness (QED) is 0.295. The van der Waals surface area contributed by atoms with Crippen LogP contribution >= 0.6 is 0 Å². The average Bonchev–Trinajstić information content (AvgIpc) is 1.61. The van der Waals surface area contributed by atoms with E-state index in [1.165, 1.54) is 0 Å². The van der Waals surface area contributed by atoms with Crippen molar-refractivity contribution >= 4 is 12.2 Å². The fourth-order valence-electron chi connectivity index (χ4n) is 0.119. The van der Waals surface area contributed by atoms with Gasteiger partial charge in [0.05, 0.1) is 0 Å². The minimum Gasteiger partial charge on any atom is -0.481 e. The van der Waals surface area contributed by atoms with Gasteiger partial charge in [-0.1, -0.05) is 0 Å². The second-order valence-corrected chi connectivity index (χ2v) is 0.896. The van der Waals surface area contributed by atoms with Crippen LogP contribution in [0, 0.1) is 0 Å². The molecule has 0 aliphatic carbocycles. The molecule has 0 atom stereocenters. The van der Waals surface area contributed by atoms with Crippen LogP contribution in [-0.2, 0) is 4.79 Å². The lowest BCUT2D eigenvalue weighted by atomic mass is 10.5. The Balaban J connectivity index is 3.32. The Bertz CT molecular complexity index is 114.